The molecule has 0 fully saturated rings. The molecule has 0 rings (SSSR count). The molecule has 0 saturated carbocycles. The Morgan fingerprint density at radius 1 is 1.00 bits per heavy atom. The molecule has 1 unspecified atom stereocenters. The van der Waals surface area contributed by atoms with E-state index in [2.05, 4.69) is 25.9 Å². The first-order valence-electron chi connectivity index (χ1n) is 4.85. The Bertz CT molecular complexity index is 108. The summed E-state index contributed by atoms with van der Waals surface area (Å²) in [6.07, 6.45) is 0. The molecule has 88 valence electrons. The SMILES string of the molecule is CC(CCl)CN(C)C.CN(C)CCCl. The normalized spacial score (nSPS) is 12.6. The minimum atomic E-state index is 0.617. The predicted molar refractivity (Wildman–Crippen MR) is 67.7 cm³/mol. The standard InChI is InChI=1S/C6H14ClN.C4H10ClN/c1-6(4-7)5-8(2)3;1-6(2)4-3-5/h6H,4-5H2,1-3H3;3-4H2,1-2H3. The van der Waals surface area contributed by atoms with Crippen molar-refractivity contribution in [1.82, 2.24) is 9.80 Å². The van der Waals surface area contributed by atoms with Gasteiger partial charge in [0.2, 0.25) is 0 Å². The molecule has 4 heteroatoms. The van der Waals surface area contributed by atoms with E-state index >= 15 is 0 Å². The minimum absolute atomic E-state index is 0.617. The molecule has 0 heterocycles. The molecule has 0 aromatic carbocycles. The third kappa shape index (κ3) is 18.3. The molecule has 0 aliphatic carbocycles. The number of rotatable bonds is 5. The summed E-state index contributed by atoms with van der Waals surface area (Å²) in [5.41, 5.74) is 0. The summed E-state index contributed by atoms with van der Waals surface area (Å²) in [4.78, 5) is 4.19. The third-order valence-corrected chi connectivity index (χ3v) is 2.17. The molecule has 0 spiro atoms. The van der Waals surface area contributed by atoms with E-state index in [9.17, 15) is 0 Å². The molecule has 0 bridgehead atoms. The van der Waals surface area contributed by atoms with Crippen LogP contribution in [0, 0.1) is 5.92 Å². The number of hydrogen-bond acceptors (Lipinski definition) is 2. The van der Waals surface area contributed by atoms with E-state index in [0.29, 0.717) is 5.92 Å². The fourth-order valence-electron chi connectivity index (χ4n) is 0.841. The molecular formula is C10H24Cl2N2. The molecule has 0 aromatic heterocycles. The Kier molecular flexibility index (Phi) is 14.0. The van der Waals surface area contributed by atoms with Gasteiger partial charge in [-0.3, -0.25) is 0 Å². The summed E-state index contributed by atoms with van der Waals surface area (Å²) in [6.45, 7) is 4.21. The maximum atomic E-state index is 5.57. The quantitative estimate of drug-likeness (QED) is 0.683. The highest BCUT2D eigenvalue weighted by molar-refractivity contribution is 6.18. The fraction of sp³-hybridized carbons (Fsp3) is 1.00. The molecule has 0 radical (unpaired) electrons. The van der Waals surface area contributed by atoms with E-state index in [1.807, 2.05) is 19.0 Å². The summed E-state index contributed by atoms with van der Waals surface area (Å²) < 4.78 is 0. The van der Waals surface area contributed by atoms with Gasteiger partial charge in [0, 0.05) is 24.8 Å². The molecule has 0 aliphatic rings. The van der Waals surface area contributed by atoms with Gasteiger partial charge in [0.25, 0.3) is 0 Å². The Labute approximate surface area is 99.2 Å². The first-order valence-corrected chi connectivity index (χ1v) is 5.92. The highest BCUT2D eigenvalue weighted by Gasteiger charge is 1.98. The minimum Gasteiger partial charge on any atom is -0.309 e. The van der Waals surface area contributed by atoms with E-state index < -0.39 is 0 Å². The van der Waals surface area contributed by atoms with E-state index in [1.165, 1.54) is 0 Å². The molecular weight excluding hydrogens is 219 g/mol. The smallest absolute Gasteiger partial charge is 0.0350 e. The van der Waals surface area contributed by atoms with Crippen LogP contribution in [0.3, 0.4) is 0 Å². The maximum absolute atomic E-state index is 5.57. The Hall–Kier alpha value is 0.500. The predicted octanol–water partition coefficient (Wildman–Crippen LogP) is 2.21. The third-order valence-electron chi connectivity index (χ3n) is 1.47. The molecule has 1 atom stereocenters. The van der Waals surface area contributed by atoms with Gasteiger partial charge in [-0.2, -0.15) is 0 Å². The second kappa shape index (κ2) is 11.6. The number of hydrogen-bond donors (Lipinski definition) is 0. The first-order chi connectivity index (χ1) is 6.43. The molecule has 0 aliphatic heterocycles. The van der Waals surface area contributed by atoms with Crippen LogP contribution in [0.2, 0.25) is 0 Å². The second-order valence-electron chi connectivity index (χ2n) is 4.01. The van der Waals surface area contributed by atoms with E-state index in [-0.39, 0.29) is 0 Å². The zero-order valence-electron chi connectivity index (χ0n) is 10.1. The number of halogens is 2. The fourth-order valence-corrected chi connectivity index (χ4v) is 1.28. The van der Waals surface area contributed by atoms with Crippen molar-refractivity contribution in [3.63, 3.8) is 0 Å². The van der Waals surface area contributed by atoms with Gasteiger partial charge < -0.3 is 9.80 Å². The molecule has 14 heavy (non-hydrogen) atoms. The van der Waals surface area contributed by atoms with Crippen molar-refractivity contribution in [3.05, 3.63) is 0 Å². The first kappa shape index (κ1) is 16.9. The lowest BCUT2D eigenvalue weighted by Gasteiger charge is -2.13. The Morgan fingerprint density at radius 3 is 1.57 bits per heavy atom. The maximum Gasteiger partial charge on any atom is 0.0350 e. The molecule has 2 nitrogen and oxygen atoms in total. The topological polar surface area (TPSA) is 6.48 Å². The lowest BCUT2D eigenvalue weighted by atomic mass is 10.2. The van der Waals surface area contributed by atoms with Gasteiger partial charge in [-0.1, -0.05) is 6.92 Å². The van der Waals surface area contributed by atoms with Crippen molar-refractivity contribution >= 4 is 23.2 Å². The van der Waals surface area contributed by atoms with Crippen LogP contribution >= 0.6 is 23.2 Å². The summed E-state index contributed by atoms with van der Waals surface area (Å²) in [6, 6.07) is 0. The zero-order valence-corrected chi connectivity index (χ0v) is 11.6. The van der Waals surface area contributed by atoms with Crippen LogP contribution in [0.1, 0.15) is 6.92 Å². The van der Waals surface area contributed by atoms with Crippen LogP contribution in [0.15, 0.2) is 0 Å². The largest absolute Gasteiger partial charge is 0.309 e. The van der Waals surface area contributed by atoms with Crippen molar-refractivity contribution in [3.8, 4) is 0 Å². The van der Waals surface area contributed by atoms with Gasteiger partial charge in [0.1, 0.15) is 0 Å². The van der Waals surface area contributed by atoms with Crippen molar-refractivity contribution < 1.29 is 0 Å². The van der Waals surface area contributed by atoms with Crippen LogP contribution in [-0.4, -0.2) is 62.8 Å². The lowest BCUT2D eigenvalue weighted by molar-refractivity contribution is 0.356. The van der Waals surface area contributed by atoms with E-state index in [1.54, 1.807) is 0 Å². The van der Waals surface area contributed by atoms with Gasteiger partial charge in [-0.15, -0.1) is 23.2 Å². The van der Waals surface area contributed by atoms with Gasteiger partial charge in [0.05, 0.1) is 0 Å². The molecule has 0 saturated heterocycles. The molecule has 0 N–H and O–H groups in total. The summed E-state index contributed by atoms with van der Waals surface area (Å²) in [7, 11) is 8.12. The van der Waals surface area contributed by atoms with Crippen LogP contribution in [0.5, 0.6) is 0 Å². The van der Waals surface area contributed by atoms with Crippen molar-refractivity contribution in [2.24, 2.45) is 5.92 Å². The second-order valence-corrected chi connectivity index (χ2v) is 4.70. The van der Waals surface area contributed by atoms with Gasteiger partial charge in [-0.05, 0) is 34.1 Å². The van der Waals surface area contributed by atoms with Gasteiger partial charge in [0.15, 0.2) is 0 Å². The van der Waals surface area contributed by atoms with Gasteiger partial charge >= 0.3 is 0 Å². The Morgan fingerprint density at radius 2 is 1.50 bits per heavy atom. The van der Waals surface area contributed by atoms with E-state index in [4.69, 9.17) is 23.2 Å². The summed E-state index contributed by atoms with van der Waals surface area (Å²) in [5, 5.41) is 0. The monoisotopic (exact) mass is 242 g/mol. The van der Waals surface area contributed by atoms with Crippen molar-refractivity contribution in [2.45, 2.75) is 6.92 Å². The highest BCUT2D eigenvalue weighted by atomic mass is 35.5. The number of alkyl halides is 2. The van der Waals surface area contributed by atoms with Gasteiger partial charge in [-0.25, -0.2) is 0 Å². The number of nitrogens with zero attached hydrogens (tertiary/aromatic N) is 2. The highest BCUT2D eigenvalue weighted by Crippen LogP contribution is 1.97. The Balaban J connectivity index is 0. The van der Waals surface area contributed by atoms with Crippen LogP contribution in [0.25, 0.3) is 0 Å². The van der Waals surface area contributed by atoms with Crippen LogP contribution in [0.4, 0.5) is 0 Å². The van der Waals surface area contributed by atoms with Crippen molar-refractivity contribution in [1.29, 1.82) is 0 Å². The van der Waals surface area contributed by atoms with Crippen LogP contribution in [-0.2, 0) is 0 Å². The summed E-state index contributed by atoms with van der Waals surface area (Å²) in [5.74, 6) is 2.11. The average molecular weight is 243 g/mol. The lowest BCUT2D eigenvalue weighted by Crippen LogP contribution is -2.20. The zero-order chi connectivity index (χ0) is 11.6. The summed E-state index contributed by atoms with van der Waals surface area (Å²) >= 11 is 10.9. The average Bonchev–Trinajstić information content (AvgIpc) is 2.03. The molecule has 0 aromatic rings. The van der Waals surface area contributed by atoms with E-state index in [0.717, 1.165) is 24.8 Å². The van der Waals surface area contributed by atoms with Crippen LogP contribution < -0.4 is 0 Å². The molecule has 0 amide bonds. The van der Waals surface area contributed by atoms with Crippen molar-refractivity contribution in [2.75, 3.05) is 53.0 Å².